The smallest absolute Gasteiger partial charge is 0.208 e. The first kappa shape index (κ1) is 7.67. The zero-order valence-corrected chi connectivity index (χ0v) is 6.86. The van der Waals surface area contributed by atoms with Crippen molar-refractivity contribution < 1.29 is 5.11 Å². The van der Waals surface area contributed by atoms with Crippen LogP contribution in [-0.2, 0) is 0 Å². The van der Waals surface area contributed by atoms with Crippen LogP contribution in [0.4, 0.5) is 5.69 Å². The third-order valence-corrected chi connectivity index (χ3v) is 1.75. The van der Waals surface area contributed by atoms with Gasteiger partial charge in [-0.25, -0.2) is 4.98 Å². The molecule has 1 aromatic heterocycles. The van der Waals surface area contributed by atoms with E-state index in [0.29, 0.717) is 11.5 Å². The summed E-state index contributed by atoms with van der Waals surface area (Å²) in [7, 11) is 0. The van der Waals surface area contributed by atoms with E-state index in [1.165, 1.54) is 6.20 Å². The van der Waals surface area contributed by atoms with Crippen LogP contribution in [-0.4, -0.2) is 15.1 Å². The fraction of sp³-hybridized carbons (Fsp3) is 0. The molecule has 4 heteroatoms. The molecule has 0 amide bonds. The van der Waals surface area contributed by atoms with Gasteiger partial charge in [-0.1, -0.05) is 0 Å². The number of nitrogen functional groups attached to an aromatic ring is 1. The van der Waals surface area contributed by atoms with Crippen LogP contribution in [0.15, 0.2) is 30.5 Å². The molecular weight excluding hydrogens is 166 g/mol. The maximum atomic E-state index is 9.03. The number of aromatic nitrogens is 2. The minimum atomic E-state index is 0.0619. The molecule has 0 aliphatic heterocycles. The van der Waals surface area contributed by atoms with Crippen LogP contribution in [0.25, 0.3) is 11.4 Å². The van der Waals surface area contributed by atoms with Gasteiger partial charge in [-0.2, -0.15) is 0 Å². The van der Waals surface area contributed by atoms with E-state index in [0.717, 1.165) is 5.56 Å². The molecule has 1 aromatic carbocycles. The molecule has 0 bridgehead atoms. The molecule has 0 radical (unpaired) electrons. The fourth-order valence-corrected chi connectivity index (χ4v) is 1.10. The van der Waals surface area contributed by atoms with Gasteiger partial charge in [0.05, 0.1) is 6.20 Å². The summed E-state index contributed by atoms with van der Waals surface area (Å²) in [6, 6.07) is 7.25. The van der Waals surface area contributed by atoms with Crippen molar-refractivity contribution in [3.8, 4) is 17.3 Å². The molecule has 0 spiro atoms. The number of anilines is 1. The minimum Gasteiger partial charge on any atom is -0.493 e. The first-order chi connectivity index (χ1) is 6.25. The Morgan fingerprint density at radius 1 is 1.23 bits per heavy atom. The number of hydrogen-bond acceptors (Lipinski definition) is 3. The number of aromatic amines is 1. The van der Waals surface area contributed by atoms with Gasteiger partial charge in [0.15, 0.2) is 0 Å². The van der Waals surface area contributed by atoms with Gasteiger partial charge in [0.25, 0.3) is 0 Å². The molecule has 0 saturated heterocycles. The van der Waals surface area contributed by atoms with Crippen molar-refractivity contribution in [3.05, 3.63) is 30.5 Å². The summed E-state index contributed by atoms with van der Waals surface area (Å²) in [4.78, 5) is 6.68. The minimum absolute atomic E-state index is 0.0619. The van der Waals surface area contributed by atoms with E-state index in [-0.39, 0.29) is 5.88 Å². The Kier molecular flexibility index (Phi) is 1.66. The highest BCUT2D eigenvalue weighted by Crippen LogP contribution is 2.18. The summed E-state index contributed by atoms with van der Waals surface area (Å²) in [5.41, 5.74) is 7.14. The van der Waals surface area contributed by atoms with E-state index in [9.17, 15) is 0 Å². The predicted molar refractivity (Wildman–Crippen MR) is 50.1 cm³/mol. The van der Waals surface area contributed by atoms with Gasteiger partial charge in [0.2, 0.25) is 5.88 Å². The summed E-state index contributed by atoms with van der Waals surface area (Å²) in [5.74, 6) is 0.698. The van der Waals surface area contributed by atoms with Gasteiger partial charge in [-0.05, 0) is 24.3 Å². The van der Waals surface area contributed by atoms with Crippen molar-refractivity contribution in [2.75, 3.05) is 5.73 Å². The monoisotopic (exact) mass is 175 g/mol. The lowest BCUT2D eigenvalue weighted by Crippen LogP contribution is -1.84. The van der Waals surface area contributed by atoms with Crippen molar-refractivity contribution in [1.29, 1.82) is 0 Å². The maximum absolute atomic E-state index is 9.03. The second kappa shape index (κ2) is 2.82. The number of rotatable bonds is 1. The number of H-pyrrole nitrogens is 1. The van der Waals surface area contributed by atoms with E-state index in [2.05, 4.69) is 9.97 Å². The number of nitrogens with two attached hydrogens (primary N) is 1. The van der Waals surface area contributed by atoms with Crippen LogP contribution in [0.5, 0.6) is 5.88 Å². The molecule has 0 unspecified atom stereocenters. The number of nitrogens with zero attached hydrogens (tertiary/aromatic N) is 1. The summed E-state index contributed by atoms with van der Waals surface area (Å²) >= 11 is 0. The lowest BCUT2D eigenvalue weighted by atomic mass is 10.2. The van der Waals surface area contributed by atoms with Gasteiger partial charge in [0.1, 0.15) is 5.82 Å². The van der Waals surface area contributed by atoms with Crippen molar-refractivity contribution in [2.24, 2.45) is 0 Å². The summed E-state index contributed by atoms with van der Waals surface area (Å²) in [6.07, 6.45) is 1.37. The quantitative estimate of drug-likeness (QED) is 0.573. The Balaban J connectivity index is 2.41. The maximum Gasteiger partial charge on any atom is 0.208 e. The van der Waals surface area contributed by atoms with Crippen molar-refractivity contribution in [2.45, 2.75) is 0 Å². The topological polar surface area (TPSA) is 74.9 Å². The van der Waals surface area contributed by atoms with Gasteiger partial charge >= 0.3 is 0 Å². The molecule has 0 atom stereocenters. The van der Waals surface area contributed by atoms with E-state index >= 15 is 0 Å². The molecule has 0 aliphatic rings. The van der Waals surface area contributed by atoms with E-state index in [1.54, 1.807) is 12.1 Å². The first-order valence-electron chi connectivity index (χ1n) is 3.85. The normalized spacial score (nSPS) is 10.2. The molecular formula is C9H9N3O. The summed E-state index contributed by atoms with van der Waals surface area (Å²) in [5, 5.41) is 9.03. The van der Waals surface area contributed by atoms with Gasteiger partial charge in [-0.15, -0.1) is 0 Å². The van der Waals surface area contributed by atoms with Crippen LogP contribution in [0.1, 0.15) is 0 Å². The molecule has 0 aliphatic carbocycles. The average molecular weight is 175 g/mol. The highest BCUT2D eigenvalue weighted by Gasteiger charge is 2.00. The van der Waals surface area contributed by atoms with Gasteiger partial charge in [0, 0.05) is 11.3 Å². The Morgan fingerprint density at radius 2 is 1.92 bits per heavy atom. The molecule has 2 aromatic rings. The lowest BCUT2D eigenvalue weighted by Gasteiger charge is -1.96. The first-order valence-corrected chi connectivity index (χ1v) is 3.85. The lowest BCUT2D eigenvalue weighted by molar-refractivity contribution is 0.457. The SMILES string of the molecule is Nc1ccc(-c2ncc(O)[nH]2)cc1. The van der Waals surface area contributed by atoms with Crippen LogP contribution < -0.4 is 5.73 Å². The van der Waals surface area contributed by atoms with Crippen molar-refractivity contribution >= 4 is 5.69 Å². The Labute approximate surface area is 75.1 Å². The van der Waals surface area contributed by atoms with Crippen molar-refractivity contribution in [1.82, 2.24) is 9.97 Å². The fourth-order valence-electron chi connectivity index (χ4n) is 1.10. The Hall–Kier alpha value is -1.97. The standard InChI is InChI=1S/C9H9N3O/c10-7-3-1-6(2-4-7)9-11-5-8(13)12-9/h1-5,13H,10H2,(H,11,12). The molecule has 1 heterocycles. The number of imidazole rings is 1. The predicted octanol–water partition coefficient (Wildman–Crippen LogP) is 1.36. The highest BCUT2D eigenvalue weighted by atomic mass is 16.3. The molecule has 4 nitrogen and oxygen atoms in total. The third kappa shape index (κ3) is 1.46. The number of hydrogen-bond donors (Lipinski definition) is 3. The average Bonchev–Trinajstić information content (AvgIpc) is 2.53. The largest absolute Gasteiger partial charge is 0.493 e. The van der Waals surface area contributed by atoms with E-state index in [1.807, 2.05) is 12.1 Å². The second-order valence-electron chi connectivity index (χ2n) is 2.74. The number of aromatic hydroxyl groups is 1. The zero-order valence-electron chi connectivity index (χ0n) is 6.86. The highest BCUT2D eigenvalue weighted by molar-refractivity contribution is 5.59. The van der Waals surface area contributed by atoms with Crippen LogP contribution in [0.3, 0.4) is 0 Å². The molecule has 2 rings (SSSR count). The Morgan fingerprint density at radius 3 is 2.46 bits per heavy atom. The number of benzene rings is 1. The zero-order chi connectivity index (χ0) is 9.26. The van der Waals surface area contributed by atoms with Gasteiger partial charge in [-0.3, -0.25) is 0 Å². The molecule has 4 N–H and O–H groups in total. The van der Waals surface area contributed by atoms with Crippen molar-refractivity contribution in [3.63, 3.8) is 0 Å². The second-order valence-corrected chi connectivity index (χ2v) is 2.74. The van der Waals surface area contributed by atoms with Crippen LogP contribution in [0.2, 0.25) is 0 Å². The molecule has 66 valence electrons. The molecule has 0 fully saturated rings. The summed E-state index contributed by atoms with van der Waals surface area (Å²) in [6.45, 7) is 0. The summed E-state index contributed by atoms with van der Waals surface area (Å²) < 4.78 is 0. The van der Waals surface area contributed by atoms with Crippen LogP contribution in [0, 0.1) is 0 Å². The van der Waals surface area contributed by atoms with E-state index in [4.69, 9.17) is 10.8 Å². The molecule has 13 heavy (non-hydrogen) atoms. The molecule has 0 saturated carbocycles. The Bertz CT molecular complexity index is 405. The van der Waals surface area contributed by atoms with E-state index < -0.39 is 0 Å². The van der Waals surface area contributed by atoms with Crippen LogP contribution >= 0.6 is 0 Å². The third-order valence-electron chi connectivity index (χ3n) is 1.75. The number of nitrogens with one attached hydrogen (secondary N) is 1. The van der Waals surface area contributed by atoms with Gasteiger partial charge < -0.3 is 15.8 Å².